The van der Waals surface area contributed by atoms with Crippen molar-refractivity contribution in [2.45, 2.75) is 13.1 Å². The van der Waals surface area contributed by atoms with E-state index in [-0.39, 0.29) is 18.4 Å². The van der Waals surface area contributed by atoms with Crippen LogP contribution in [0.15, 0.2) is 103 Å². The number of anilines is 1. The van der Waals surface area contributed by atoms with E-state index in [4.69, 9.17) is 0 Å². The number of hydrogen-bond acceptors (Lipinski definition) is 3. The molecule has 1 aliphatic rings. The van der Waals surface area contributed by atoms with Gasteiger partial charge >= 0.3 is 0 Å². The Morgan fingerprint density at radius 2 is 1.06 bits per heavy atom. The first-order valence-corrected chi connectivity index (χ1v) is 10.6. The summed E-state index contributed by atoms with van der Waals surface area (Å²) in [6, 6.07) is 33.6. The first-order valence-electron chi connectivity index (χ1n) is 10.6. The van der Waals surface area contributed by atoms with Gasteiger partial charge in [-0.05, 0) is 46.5 Å². The first-order chi connectivity index (χ1) is 15.7. The Morgan fingerprint density at radius 3 is 1.62 bits per heavy atom. The van der Waals surface area contributed by atoms with E-state index in [1.807, 2.05) is 42.5 Å². The lowest BCUT2D eigenvalue weighted by molar-refractivity contribution is 0.0642. The molecule has 4 aromatic carbocycles. The Morgan fingerprint density at radius 1 is 0.562 bits per heavy atom. The Bertz CT molecular complexity index is 1230. The van der Waals surface area contributed by atoms with Crippen LogP contribution in [0.5, 0.6) is 0 Å². The van der Waals surface area contributed by atoms with Crippen LogP contribution >= 0.6 is 0 Å². The smallest absolute Gasteiger partial charge is 0.261 e. The number of fused-ring (bicyclic) bond motifs is 1. The maximum absolute atomic E-state index is 12.6. The minimum Gasteiger partial charge on any atom is -0.381 e. The van der Waals surface area contributed by atoms with Crippen LogP contribution < -0.4 is 5.32 Å². The number of nitrogens with one attached hydrogen (secondary N) is 1. The van der Waals surface area contributed by atoms with Gasteiger partial charge in [-0.15, -0.1) is 0 Å². The summed E-state index contributed by atoms with van der Waals surface area (Å²) in [5.74, 6) is -0.455. The third-order valence-electron chi connectivity index (χ3n) is 5.73. The molecule has 0 atom stereocenters. The molecule has 1 aliphatic heterocycles. The number of amides is 2. The van der Waals surface area contributed by atoms with E-state index in [0.29, 0.717) is 11.1 Å². The van der Waals surface area contributed by atoms with Gasteiger partial charge in [0.2, 0.25) is 0 Å². The molecule has 0 spiro atoms. The first kappa shape index (κ1) is 19.8. The molecule has 0 aliphatic carbocycles. The quantitative estimate of drug-likeness (QED) is 0.405. The molecule has 0 fully saturated rings. The third kappa shape index (κ3) is 3.91. The summed E-state index contributed by atoms with van der Waals surface area (Å²) in [7, 11) is 0. The Balaban J connectivity index is 1.24. The van der Waals surface area contributed by atoms with Crippen molar-refractivity contribution >= 4 is 17.5 Å². The van der Waals surface area contributed by atoms with Crippen molar-refractivity contribution in [2.24, 2.45) is 0 Å². The normalized spacial score (nSPS) is 12.7. The maximum atomic E-state index is 12.6. The molecule has 2 amide bonds. The molecule has 0 saturated heterocycles. The van der Waals surface area contributed by atoms with E-state index in [2.05, 4.69) is 41.7 Å². The van der Waals surface area contributed by atoms with Gasteiger partial charge in [0.25, 0.3) is 11.8 Å². The lowest BCUT2D eigenvalue weighted by Crippen LogP contribution is -2.29. The fourth-order valence-electron chi connectivity index (χ4n) is 3.94. The van der Waals surface area contributed by atoms with Crippen molar-refractivity contribution in [1.82, 2.24) is 4.90 Å². The molecule has 4 nitrogen and oxygen atoms in total. The van der Waals surface area contributed by atoms with Crippen LogP contribution in [-0.2, 0) is 13.1 Å². The van der Waals surface area contributed by atoms with Crippen LogP contribution in [0.25, 0.3) is 11.1 Å². The van der Waals surface area contributed by atoms with Crippen LogP contribution in [0.1, 0.15) is 31.8 Å². The van der Waals surface area contributed by atoms with Gasteiger partial charge in [-0.2, -0.15) is 0 Å². The van der Waals surface area contributed by atoms with Crippen LogP contribution in [0, 0.1) is 0 Å². The summed E-state index contributed by atoms with van der Waals surface area (Å²) in [6.45, 7) is 1.04. The lowest BCUT2D eigenvalue weighted by atomic mass is 10.0. The maximum Gasteiger partial charge on any atom is 0.261 e. The summed E-state index contributed by atoms with van der Waals surface area (Å²) < 4.78 is 0. The molecule has 156 valence electrons. The van der Waals surface area contributed by atoms with Gasteiger partial charge in [-0.1, -0.05) is 78.9 Å². The molecule has 4 heteroatoms. The number of rotatable bonds is 6. The van der Waals surface area contributed by atoms with Crippen molar-refractivity contribution in [2.75, 3.05) is 5.32 Å². The van der Waals surface area contributed by atoms with E-state index >= 15 is 0 Å². The number of carbonyl (C=O) groups excluding carboxylic acids is 2. The van der Waals surface area contributed by atoms with Gasteiger partial charge in [0.1, 0.15) is 0 Å². The van der Waals surface area contributed by atoms with E-state index in [0.717, 1.165) is 28.9 Å². The van der Waals surface area contributed by atoms with Crippen LogP contribution in [0.3, 0.4) is 0 Å². The molecule has 0 radical (unpaired) electrons. The second-order valence-corrected chi connectivity index (χ2v) is 7.86. The highest BCUT2D eigenvalue weighted by molar-refractivity contribution is 6.21. The highest BCUT2D eigenvalue weighted by Crippen LogP contribution is 2.26. The molecule has 0 saturated carbocycles. The molecule has 32 heavy (non-hydrogen) atoms. The number of benzene rings is 4. The molecule has 5 rings (SSSR count). The van der Waals surface area contributed by atoms with Crippen LogP contribution in [0.2, 0.25) is 0 Å². The number of para-hydroxylation sites is 1. The number of imide groups is 1. The van der Waals surface area contributed by atoms with E-state index in [1.54, 1.807) is 24.3 Å². The summed E-state index contributed by atoms with van der Waals surface area (Å²) in [6.07, 6.45) is 0. The number of carbonyl (C=O) groups is 2. The molecule has 1 heterocycles. The highest BCUT2D eigenvalue weighted by atomic mass is 16.2. The molecule has 0 aromatic heterocycles. The average Bonchev–Trinajstić information content (AvgIpc) is 3.09. The number of hydrogen-bond donors (Lipinski definition) is 1. The molecular formula is C28H22N2O2. The molecule has 1 N–H and O–H groups in total. The lowest BCUT2D eigenvalue weighted by Gasteiger charge is -2.14. The zero-order valence-corrected chi connectivity index (χ0v) is 17.5. The summed E-state index contributed by atoms with van der Waals surface area (Å²) in [4.78, 5) is 26.5. The Hall–Kier alpha value is -4.18. The zero-order valence-electron chi connectivity index (χ0n) is 17.5. The van der Waals surface area contributed by atoms with Crippen molar-refractivity contribution in [3.63, 3.8) is 0 Å². The topological polar surface area (TPSA) is 49.4 Å². The predicted octanol–water partition coefficient (Wildman–Crippen LogP) is 5.76. The predicted molar refractivity (Wildman–Crippen MR) is 126 cm³/mol. The minimum atomic E-state index is -0.227. The molecule has 0 bridgehead atoms. The Labute approximate surface area is 187 Å². The summed E-state index contributed by atoms with van der Waals surface area (Å²) >= 11 is 0. The summed E-state index contributed by atoms with van der Waals surface area (Å²) in [5, 5.41) is 3.42. The zero-order chi connectivity index (χ0) is 21.9. The Kier molecular flexibility index (Phi) is 5.26. The van der Waals surface area contributed by atoms with Crippen LogP contribution in [-0.4, -0.2) is 16.7 Å². The van der Waals surface area contributed by atoms with E-state index in [9.17, 15) is 9.59 Å². The minimum absolute atomic E-state index is 0.227. The van der Waals surface area contributed by atoms with Crippen molar-refractivity contribution in [3.8, 4) is 11.1 Å². The van der Waals surface area contributed by atoms with Gasteiger partial charge in [0.05, 0.1) is 17.7 Å². The molecule has 4 aromatic rings. The molecule has 0 unspecified atom stereocenters. The SMILES string of the molecule is O=C1c2ccccc2C(=O)N1Cc1ccc(-c2ccc(CNc3ccccc3)cc2)cc1. The third-order valence-corrected chi connectivity index (χ3v) is 5.73. The second kappa shape index (κ2) is 8.52. The van der Waals surface area contributed by atoms with Crippen molar-refractivity contribution < 1.29 is 9.59 Å². The highest BCUT2D eigenvalue weighted by Gasteiger charge is 2.34. The average molecular weight is 418 g/mol. The fourth-order valence-corrected chi connectivity index (χ4v) is 3.94. The monoisotopic (exact) mass is 418 g/mol. The summed E-state index contributed by atoms with van der Waals surface area (Å²) in [5.41, 5.74) is 6.42. The second-order valence-electron chi connectivity index (χ2n) is 7.86. The van der Waals surface area contributed by atoms with Gasteiger partial charge in [0.15, 0.2) is 0 Å². The molecular weight excluding hydrogens is 396 g/mol. The van der Waals surface area contributed by atoms with E-state index in [1.165, 1.54) is 10.5 Å². The van der Waals surface area contributed by atoms with Gasteiger partial charge in [0, 0.05) is 12.2 Å². The largest absolute Gasteiger partial charge is 0.381 e. The van der Waals surface area contributed by atoms with Gasteiger partial charge in [-0.3, -0.25) is 14.5 Å². The van der Waals surface area contributed by atoms with Crippen molar-refractivity contribution in [1.29, 1.82) is 0 Å². The van der Waals surface area contributed by atoms with Gasteiger partial charge < -0.3 is 5.32 Å². The van der Waals surface area contributed by atoms with Gasteiger partial charge in [-0.25, -0.2) is 0 Å². The fraction of sp³-hybridized carbons (Fsp3) is 0.0714. The standard InChI is InChI=1S/C28H22N2O2/c31-27-25-8-4-5-9-26(25)28(32)30(27)19-21-12-16-23(17-13-21)22-14-10-20(11-15-22)18-29-24-6-2-1-3-7-24/h1-17,29H,18-19H2. The van der Waals surface area contributed by atoms with E-state index < -0.39 is 0 Å². The van der Waals surface area contributed by atoms with Crippen LogP contribution in [0.4, 0.5) is 5.69 Å². The van der Waals surface area contributed by atoms with Crippen molar-refractivity contribution in [3.05, 3.63) is 125 Å². The number of nitrogens with zero attached hydrogens (tertiary/aromatic N) is 1.